The van der Waals surface area contributed by atoms with Crippen molar-refractivity contribution in [3.05, 3.63) is 18.2 Å². The number of carbonyl (C=O) groups is 6. The number of aliphatic hydroxyl groups is 2. The molecule has 16 heteroatoms. The molecular weight excluding hydrogens is 554 g/mol. The maximum Gasteiger partial charge on any atom is 0.328 e. The van der Waals surface area contributed by atoms with Crippen LogP contribution in [0, 0.1) is 5.92 Å². The second kappa shape index (κ2) is 15.8. The van der Waals surface area contributed by atoms with Crippen LogP contribution in [-0.2, 0) is 35.2 Å². The summed E-state index contributed by atoms with van der Waals surface area (Å²) in [6, 6.07) is -6.37. The Hall–Kier alpha value is -4.05. The number of nitrogens with one attached hydrogen (secondary N) is 5. The van der Waals surface area contributed by atoms with Crippen molar-refractivity contribution < 1.29 is 44.1 Å². The molecule has 1 fully saturated rings. The van der Waals surface area contributed by atoms with Gasteiger partial charge in [-0.3, -0.25) is 24.0 Å². The van der Waals surface area contributed by atoms with Gasteiger partial charge in [-0.25, -0.2) is 9.78 Å². The highest BCUT2D eigenvalue weighted by Crippen LogP contribution is 2.18. The maximum atomic E-state index is 13.4. The minimum atomic E-state index is -1.69. The molecule has 5 amide bonds. The summed E-state index contributed by atoms with van der Waals surface area (Å²) >= 11 is 0. The topological polar surface area (TPSA) is 243 Å². The van der Waals surface area contributed by atoms with E-state index in [9.17, 15) is 44.1 Å². The van der Waals surface area contributed by atoms with Crippen molar-refractivity contribution >= 4 is 35.5 Å². The van der Waals surface area contributed by atoms with Crippen LogP contribution in [0.3, 0.4) is 0 Å². The van der Waals surface area contributed by atoms with Gasteiger partial charge in [0, 0.05) is 31.8 Å². The lowest BCUT2D eigenvalue weighted by Gasteiger charge is -2.28. The number of nitrogens with zero attached hydrogens (tertiary/aromatic N) is 2. The Labute approximate surface area is 243 Å². The number of carboxylic acid groups (broad SMARTS) is 1. The van der Waals surface area contributed by atoms with E-state index in [0.717, 1.165) is 6.92 Å². The van der Waals surface area contributed by atoms with E-state index in [1.54, 1.807) is 0 Å². The fourth-order valence-electron chi connectivity index (χ4n) is 4.59. The van der Waals surface area contributed by atoms with Crippen molar-refractivity contribution in [1.29, 1.82) is 0 Å². The normalized spacial score (nSPS) is 18.4. The smallest absolute Gasteiger partial charge is 0.328 e. The van der Waals surface area contributed by atoms with Gasteiger partial charge >= 0.3 is 5.97 Å². The fraction of sp³-hybridized carbons (Fsp3) is 0.654. The molecule has 0 aromatic carbocycles. The van der Waals surface area contributed by atoms with Crippen molar-refractivity contribution in [3.8, 4) is 0 Å². The van der Waals surface area contributed by atoms with Crippen molar-refractivity contribution in [2.45, 2.75) is 89.7 Å². The summed E-state index contributed by atoms with van der Waals surface area (Å²) < 4.78 is 0. The van der Waals surface area contributed by atoms with Gasteiger partial charge in [-0.05, 0) is 32.1 Å². The third-order valence-corrected chi connectivity index (χ3v) is 6.77. The molecule has 1 aromatic rings. The van der Waals surface area contributed by atoms with Crippen LogP contribution in [-0.4, -0.2) is 115 Å². The van der Waals surface area contributed by atoms with Gasteiger partial charge in [-0.2, -0.15) is 0 Å². The summed E-state index contributed by atoms with van der Waals surface area (Å²) in [5.74, 6) is -4.93. The zero-order chi connectivity index (χ0) is 31.6. The van der Waals surface area contributed by atoms with Crippen LogP contribution in [0.15, 0.2) is 12.5 Å². The van der Waals surface area contributed by atoms with Crippen LogP contribution in [0.4, 0.5) is 0 Å². The van der Waals surface area contributed by atoms with Crippen LogP contribution in [0.2, 0.25) is 0 Å². The number of likely N-dealkylation sites (tertiary alicyclic amines) is 1. The van der Waals surface area contributed by atoms with Crippen LogP contribution < -0.4 is 21.3 Å². The van der Waals surface area contributed by atoms with Crippen molar-refractivity contribution in [3.63, 3.8) is 0 Å². The van der Waals surface area contributed by atoms with Gasteiger partial charge in [-0.15, -0.1) is 0 Å². The Morgan fingerprint density at radius 3 is 2.14 bits per heavy atom. The maximum absolute atomic E-state index is 13.4. The molecule has 1 aliphatic rings. The van der Waals surface area contributed by atoms with Gasteiger partial charge < -0.3 is 46.5 Å². The zero-order valence-corrected chi connectivity index (χ0v) is 24.1. The molecule has 1 aliphatic heterocycles. The third-order valence-electron chi connectivity index (χ3n) is 6.77. The number of imidazole rings is 1. The lowest BCUT2D eigenvalue weighted by Crippen LogP contribution is -2.60. The highest BCUT2D eigenvalue weighted by molar-refractivity contribution is 5.96. The Balaban J connectivity index is 2.21. The average molecular weight is 596 g/mol. The Bertz CT molecular complexity index is 1110. The highest BCUT2D eigenvalue weighted by Gasteiger charge is 2.36. The Morgan fingerprint density at radius 2 is 1.62 bits per heavy atom. The van der Waals surface area contributed by atoms with E-state index in [4.69, 9.17) is 0 Å². The quantitative estimate of drug-likeness (QED) is 0.105. The highest BCUT2D eigenvalue weighted by atomic mass is 16.4. The monoisotopic (exact) mass is 595 g/mol. The molecule has 0 bridgehead atoms. The molecule has 0 unspecified atom stereocenters. The van der Waals surface area contributed by atoms with E-state index in [0.29, 0.717) is 25.1 Å². The Kier molecular flexibility index (Phi) is 12.9. The number of carboxylic acids is 1. The predicted molar refractivity (Wildman–Crippen MR) is 146 cm³/mol. The number of aromatic nitrogens is 2. The SMILES string of the molecule is CC(=O)N1CCC[C@H]1C(=O)N[C@@H](CC(C)C)C(=O)N[C@@H](Cc1cnc[nH]1)C(=O)N[C@@H](CO)C(=O)N[C@H](C(=O)O)[C@@H](C)O. The van der Waals surface area contributed by atoms with E-state index in [-0.39, 0.29) is 24.7 Å². The molecule has 2 heterocycles. The molecule has 0 aliphatic carbocycles. The molecule has 16 nitrogen and oxygen atoms in total. The third kappa shape index (κ3) is 9.80. The second-order valence-corrected chi connectivity index (χ2v) is 10.7. The largest absolute Gasteiger partial charge is 0.480 e. The molecule has 0 saturated carbocycles. The molecule has 0 spiro atoms. The second-order valence-electron chi connectivity index (χ2n) is 10.7. The lowest BCUT2D eigenvalue weighted by molar-refractivity contribution is -0.145. The molecule has 1 aromatic heterocycles. The van der Waals surface area contributed by atoms with Gasteiger partial charge in [-0.1, -0.05) is 13.8 Å². The lowest BCUT2D eigenvalue weighted by atomic mass is 10.0. The molecule has 234 valence electrons. The summed E-state index contributed by atoms with van der Waals surface area (Å²) in [6.07, 6.45) is 2.54. The van der Waals surface area contributed by atoms with Crippen molar-refractivity contribution in [2.75, 3.05) is 13.2 Å². The molecule has 6 atom stereocenters. The summed E-state index contributed by atoms with van der Waals surface area (Å²) in [7, 11) is 0. The minimum Gasteiger partial charge on any atom is -0.480 e. The van der Waals surface area contributed by atoms with Crippen LogP contribution in [0.25, 0.3) is 0 Å². The first-order valence-electron chi connectivity index (χ1n) is 13.7. The number of aliphatic hydroxyl groups excluding tert-OH is 2. The average Bonchev–Trinajstić information content (AvgIpc) is 3.61. The van der Waals surface area contributed by atoms with Gasteiger partial charge in [0.05, 0.1) is 19.0 Å². The number of hydrogen-bond donors (Lipinski definition) is 8. The fourth-order valence-corrected chi connectivity index (χ4v) is 4.59. The first kappa shape index (κ1) is 34.2. The number of H-pyrrole nitrogens is 1. The number of aliphatic carboxylic acids is 1. The van der Waals surface area contributed by atoms with Gasteiger partial charge in [0.15, 0.2) is 6.04 Å². The number of aromatic amines is 1. The Morgan fingerprint density at radius 1 is 1.00 bits per heavy atom. The number of carbonyl (C=O) groups excluding carboxylic acids is 5. The first-order chi connectivity index (χ1) is 19.7. The molecular formula is C26H41N7O9. The number of rotatable bonds is 15. The zero-order valence-electron chi connectivity index (χ0n) is 24.1. The van der Waals surface area contributed by atoms with Crippen molar-refractivity contribution in [1.82, 2.24) is 36.1 Å². The van der Waals surface area contributed by atoms with Gasteiger partial charge in [0.1, 0.15) is 24.2 Å². The predicted octanol–water partition coefficient (Wildman–Crippen LogP) is -2.59. The first-order valence-corrected chi connectivity index (χ1v) is 13.7. The number of amides is 5. The van der Waals surface area contributed by atoms with E-state index in [2.05, 4.69) is 31.2 Å². The summed E-state index contributed by atoms with van der Waals surface area (Å²) in [5, 5.41) is 38.2. The van der Waals surface area contributed by atoms with Crippen LogP contribution in [0.1, 0.15) is 52.7 Å². The number of hydrogen-bond acceptors (Lipinski definition) is 9. The molecule has 8 N–H and O–H groups in total. The molecule has 1 saturated heterocycles. The molecule has 42 heavy (non-hydrogen) atoms. The molecule has 2 rings (SSSR count). The van der Waals surface area contributed by atoms with Crippen LogP contribution >= 0.6 is 0 Å². The minimum absolute atomic E-state index is 0.0352. The van der Waals surface area contributed by atoms with Gasteiger partial charge in [0.2, 0.25) is 29.5 Å². The van der Waals surface area contributed by atoms with E-state index in [1.165, 1.54) is 24.3 Å². The van der Waals surface area contributed by atoms with Crippen LogP contribution in [0.5, 0.6) is 0 Å². The van der Waals surface area contributed by atoms with Crippen molar-refractivity contribution in [2.24, 2.45) is 5.92 Å². The summed E-state index contributed by atoms with van der Waals surface area (Å²) in [5.41, 5.74) is 0.452. The van der Waals surface area contributed by atoms with Gasteiger partial charge in [0.25, 0.3) is 0 Å². The van der Waals surface area contributed by atoms with E-state index >= 15 is 0 Å². The molecule has 0 radical (unpaired) electrons. The summed E-state index contributed by atoms with van der Waals surface area (Å²) in [6.45, 7) is 5.74. The van der Waals surface area contributed by atoms with E-state index in [1.807, 2.05) is 13.8 Å². The summed E-state index contributed by atoms with van der Waals surface area (Å²) in [4.78, 5) is 83.8. The standard InChI is InChI=1S/C26H41N7O9/c1-13(2)8-17(30-25(40)20-6-5-7-33(20)15(4)36)22(37)29-18(9-16-10-27-12-28-16)23(38)31-19(11-34)24(39)32-21(14(3)35)26(41)42/h10,12-14,17-21,34-35H,5-9,11H2,1-4H3,(H,27,28)(H,29,37)(H,30,40)(H,31,38)(H,32,39)(H,41,42)/t14-,17+,18+,19+,20+,21+/m1/s1. The van der Waals surface area contributed by atoms with E-state index < -0.39 is 72.5 Å².